The molecule has 0 fully saturated rings. The van der Waals surface area contributed by atoms with Gasteiger partial charge in [-0.2, -0.15) is 0 Å². The van der Waals surface area contributed by atoms with Gasteiger partial charge < -0.3 is 15.4 Å². The number of carbonyl (C=O) groups is 1. The second-order valence-corrected chi connectivity index (χ2v) is 5.03. The van der Waals surface area contributed by atoms with Gasteiger partial charge in [0.2, 0.25) is 5.91 Å². The Morgan fingerprint density at radius 2 is 2.35 bits per heavy atom. The highest BCUT2D eigenvalue weighted by atomic mass is 32.1. The molecule has 0 aliphatic heterocycles. The number of ether oxygens (including phenoxy) is 1. The zero-order valence-electron chi connectivity index (χ0n) is 11.3. The van der Waals surface area contributed by atoms with E-state index in [4.69, 9.17) is 4.74 Å². The van der Waals surface area contributed by atoms with Crippen LogP contribution in [0.2, 0.25) is 0 Å². The molecular formula is C14H17N3O2S. The quantitative estimate of drug-likeness (QED) is 0.766. The predicted octanol–water partition coefficient (Wildman–Crippen LogP) is 1.98. The number of methoxy groups -OCH3 is 1. The molecule has 0 bridgehead atoms. The fourth-order valence-electron chi connectivity index (χ4n) is 1.68. The van der Waals surface area contributed by atoms with Crippen LogP contribution in [0.4, 0.5) is 5.69 Å². The van der Waals surface area contributed by atoms with Crippen molar-refractivity contribution in [2.45, 2.75) is 0 Å². The Labute approximate surface area is 122 Å². The number of carbonyl (C=O) groups excluding carboxylic acids is 1. The summed E-state index contributed by atoms with van der Waals surface area (Å²) in [7, 11) is 1.63. The Kier molecular flexibility index (Phi) is 5.67. The van der Waals surface area contributed by atoms with Gasteiger partial charge in [-0.05, 0) is 12.1 Å². The Morgan fingerprint density at radius 3 is 3.10 bits per heavy atom. The molecule has 0 spiro atoms. The average Bonchev–Trinajstić information content (AvgIpc) is 2.98. The molecule has 1 amide bonds. The molecule has 0 saturated carbocycles. The first kappa shape index (κ1) is 14.6. The van der Waals surface area contributed by atoms with Crippen molar-refractivity contribution in [3.8, 4) is 10.6 Å². The molecule has 20 heavy (non-hydrogen) atoms. The third kappa shape index (κ3) is 4.41. The van der Waals surface area contributed by atoms with Crippen molar-refractivity contribution in [3.05, 3.63) is 35.8 Å². The zero-order valence-corrected chi connectivity index (χ0v) is 12.1. The van der Waals surface area contributed by atoms with Gasteiger partial charge in [-0.3, -0.25) is 4.79 Å². The molecule has 0 unspecified atom stereocenters. The van der Waals surface area contributed by atoms with Gasteiger partial charge in [0.05, 0.1) is 13.2 Å². The largest absolute Gasteiger partial charge is 0.383 e. The van der Waals surface area contributed by atoms with Crippen molar-refractivity contribution in [1.82, 2.24) is 10.3 Å². The molecule has 5 nitrogen and oxygen atoms in total. The Hall–Kier alpha value is -1.76. The lowest BCUT2D eigenvalue weighted by molar-refractivity contribution is -0.115. The smallest absolute Gasteiger partial charge is 0.238 e. The molecule has 6 heteroatoms. The van der Waals surface area contributed by atoms with Crippen LogP contribution in [0.1, 0.15) is 0 Å². The Bertz CT molecular complexity index is 543. The van der Waals surface area contributed by atoms with E-state index in [2.05, 4.69) is 15.6 Å². The maximum atomic E-state index is 11.7. The summed E-state index contributed by atoms with van der Waals surface area (Å²) in [5.74, 6) is -0.0719. The number of benzene rings is 1. The third-order valence-electron chi connectivity index (χ3n) is 2.59. The van der Waals surface area contributed by atoms with Crippen molar-refractivity contribution in [2.24, 2.45) is 0 Å². The standard InChI is InChI=1S/C14H17N3O2S/c1-19-7-5-15-10-13(18)17-12-4-2-3-11(9-12)14-16-6-8-20-14/h2-4,6,8-9,15H,5,7,10H2,1H3,(H,17,18). The predicted molar refractivity (Wildman–Crippen MR) is 80.9 cm³/mol. The van der Waals surface area contributed by atoms with E-state index >= 15 is 0 Å². The van der Waals surface area contributed by atoms with Crippen LogP contribution in [0, 0.1) is 0 Å². The fourth-order valence-corrected chi connectivity index (χ4v) is 2.31. The van der Waals surface area contributed by atoms with Gasteiger partial charge in [-0.15, -0.1) is 11.3 Å². The minimum Gasteiger partial charge on any atom is -0.383 e. The molecule has 1 heterocycles. The lowest BCUT2D eigenvalue weighted by atomic mass is 10.2. The van der Waals surface area contributed by atoms with Crippen molar-refractivity contribution < 1.29 is 9.53 Å². The summed E-state index contributed by atoms with van der Waals surface area (Å²) in [5, 5.41) is 8.73. The normalized spacial score (nSPS) is 10.4. The number of rotatable bonds is 7. The summed E-state index contributed by atoms with van der Waals surface area (Å²) >= 11 is 1.57. The second-order valence-electron chi connectivity index (χ2n) is 4.14. The van der Waals surface area contributed by atoms with Gasteiger partial charge in [0.15, 0.2) is 0 Å². The summed E-state index contributed by atoms with van der Waals surface area (Å²) in [6.07, 6.45) is 1.77. The molecule has 2 aromatic rings. The zero-order chi connectivity index (χ0) is 14.2. The summed E-state index contributed by atoms with van der Waals surface area (Å²) in [4.78, 5) is 16.0. The molecule has 0 aliphatic rings. The number of hydrogen-bond donors (Lipinski definition) is 2. The molecule has 0 saturated heterocycles. The third-order valence-corrected chi connectivity index (χ3v) is 3.42. The number of nitrogens with zero attached hydrogens (tertiary/aromatic N) is 1. The van der Waals surface area contributed by atoms with Crippen LogP contribution in [-0.4, -0.2) is 37.7 Å². The van der Waals surface area contributed by atoms with Crippen molar-refractivity contribution in [2.75, 3.05) is 32.1 Å². The maximum absolute atomic E-state index is 11.7. The molecule has 0 aliphatic carbocycles. The van der Waals surface area contributed by atoms with Crippen LogP contribution < -0.4 is 10.6 Å². The van der Waals surface area contributed by atoms with Crippen molar-refractivity contribution >= 4 is 22.9 Å². The van der Waals surface area contributed by atoms with E-state index in [1.165, 1.54) is 0 Å². The highest BCUT2D eigenvalue weighted by Gasteiger charge is 2.04. The summed E-state index contributed by atoms with van der Waals surface area (Å²) < 4.78 is 4.90. The number of aromatic nitrogens is 1. The number of amides is 1. The van der Waals surface area contributed by atoms with Gasteiger partial charge in [0.25, 0.3) is 0 Å². The van der Waals surface area contributed by atoms with Crippen molar-refractivity contribution in [3.63, 3.8) is 0 Å². The van der Waals surface area contributed by atoms with E-state index in [9.17, 15) is 4.79 Å². The highest BCUT2D eigenvalue weighted by molar-refractivity contribution is 7.13. The van der Waals surface area contributed by atoms with Crippen LogP contribution >= 0.6 is 11.3 Å². The summed E-state index contributed by atoms with van der Waals surface area (Å²) in [6, 6.07) is 7.67. The molecule has 1 aromatic heterocycles. The van der Waals surface area contributed by atoms with Crippen molar-refractivity contribution in [1.29, 1.82) is 0 Å². The second kappa shape index (κ2) is 7.74. The highest BCUT2D eigenvalue weighted by Crippen LogP contribution is 2.24. The average molecular weight is 291 g/mol. The topological polar surface area (TPSA) is 63.2 Å². The van der Waals surface area contributed by atoms with Crippen LogP contribution in [0.3, 0.4) is 0 Å². The first-order chi connectivity index (χ1) is 9.79. The number of hydrogen-bond acceptors (Lipinski definition) is 5. The van der Waals surface area contributed by atoms with E-state index in [0.29, 0.717) is 13.2 Å². The first-order valence-corrected chi connectivity index (χ1v) is 7.17. The molecule has 106 valence electrons. The molecule has 2 N–H and O–H groups in total. The minimum atomic E-state index is -0.0719. The lowest BCUT2D eigenvalue weighted by Crippen LogP contribution is -2.30. The van der Waals surface area contributed by atoms with E-state index in [-0.39, 0.29) is 12.5 Å². The Balaban J connectivity index is 1.90. The molecule has 0 atom stereocenters. The summed E-state index contributed by atoms with van der Waals surface area (Å²) in [5.41, 5.74) is 1.78. The van der Waals surface area contributed by atoms with E-state index < -0.39 is 0 Å². The molecule has 1 aromatic carbocycles. The number of thiazole rings is 1. The van der Waals surface area contributed by atoms with E-state index in [1.807, 2.05) is 29.6 Å². The summed E-state index contributed by atoms with van der Waals surface area (Å²) in [6.45, 7) is 1.51. The molecule has 2 rings (SSSR count). The fraction of sp³-hybridized carbons (Fsp3) is 0.286. The van der Waals surface area contributed by atoms with Crippen LogP contribution in [0.15, 0.2) is 35.8 Å². The van der Waals surface area contributed by atoms with Gasteiger partial charge >= 0.3 is 0 Å². The lowest BCUT2D eigenvalue weighted by Gasteiger charge is -2.07. The maximum Gasteiger partial charge on any atom is 0.238 e. The van der Waals surface area contributed by atoms with Crippen LogP contribution in [-0.2, 0) is 9.53 Å². The van der Waals surface area contributed by atoms with E-state index in [0.717, 1.165) is 16.3 Å². The molecule has 0 radical (unpaired) electrons. The van der Waals surface area contributed by atoms with Crippen LogP contribution in [0.5, 0.6) is 0 Å². The van der Waals surface area contributed by atoms with Crippen LogP contribution in [0.25, 0.3) is 10.6 Å². The van der Waals surface area contributed by atoms with E-state index in [1.54, 1.807) is 24.6 Å². The first-order valence-electron chi connectivity index (χ1n) is 6.29. The monoisotopic (exact) mass is 291 g/mol. The van der Waals surface area contributed by atoms with Gasteiger partial charge in [0, 0.05) is 36.5 Å². The molecular weight excluding hydrogens is 274 g/mol. The van der Waals surface area contributed by atoms with Gasteiger partial charge in [-0.1, -0.05) is 12.1 Å². The SMILES string of the molecule is COCCNCC(=O)Nc1cccc(-c2nccs2)c1. The van der Waals surface area contributed by atoms with Gasteiger partial charge in [0.1, 0.15) is 5.01 Å². The minimum absolute atomic E-state index is 0.0719. The number of anilines is 1. The number of nitrogens with one attached hydrogen (secondary N) is 2. The van der Waals surface area contributed by atoms with Gasteiger partial charge in [-0.25, -0.2) is 4.98 Å². The Morgan fingerprint density at radius 1 is 1.45 bits per heavy atom.